The molecule has 0 spiro atoms. The zero-order valence-electron chi connectivity index (χ0n) is 15.0. The van der Waals surface area contributed by atoms with Crippen molar-refractivity contribution in [1.29, 1.82) is 0 Å². The van der Waals surface area contributed by atoms with Crippen LogP contribution in [0.1, 0.15) is 37.3 Å². The van der Waals surface area contributed by atoms with Gasteiger partial charge in [0.25, 0.3) is 0 Å². The number of furan rings is 1. The predicted octanol–water partition coefficient (Wildman–Crippen LogP) is 4.95. The average molecular weight is 357 g/mol. The van der Waals surface area contributed by atoms with Gasteiger partial charge in [0, 0.05) is 21.9 Å². The second-order valence-corrected chi connectivity index (χ2v) is 8.16. The van der Waals surface area contributed by atoms with Crippen molar-refractivity contribution in [1.82, 2.24) is 5.32 Å². The molecule has 132 valence electrons. The van der Waals surface area contributed by atoms with Crippen LogP contribution in [0.5, 0.6) is 5.75 Å². The number of rotatable bonds is 5. The summed E-state index contributed by atoms with van der Waals surface area (Å²) in [5, 5.41) is 6.17. The number of ether oxygens (including phenoxy) is 1. The maximum atomic E-state index is 12.7. The molecule has 2 heterocycles. The lowest BCUT2D eigenvalue weighted by Gasteiger charge is -2.30. The van der Waals surface area contributed by atoms with E-state index >= 15 is 0 Å². The number of carbonyl (C=O) groups is 1. The first-order valence-electron chi connectivity index (χ1n) is 8.25. The summed E-state index contributed by atoms with van der Waals surface area (Å²) in [5.74, 6) is 0.732. The molecule has 0 bridgehead atoms. The van der Waals surface area contributed by atoms with Crippen molar-refractivity contribution in [2.24, 2.45) is 5.41 Å². The summed E-state index contributed by atoms with van der Waals surface area (Å²) in [4.78, 5) is 13.8. The fourth-order valence-electron chi connectivity index (χ4n) is 2.88. The maximum Gasteiger partial charge on any atom is 0.225 e. The van der Waals surface area contributed by atoms with Crippen LogP contribution in [0.3, 0.4) is 0 Å². The van der Waals surface area contributed by atoms with Gasteiger partial charge in [0.15, 0.2) is 0 Å². The molecule has 0 aliphatic carbocycles. The van der Waals surface area contributed by atoms with E-state index in [9.17, 15) is 4.79 Å². The fourth-order valence-corrected chi connectivity index (χ4v) is 3.90. The summed E-state index contributed by atoms with van der Waals surface area (Å²) in [5.41, 5.74) is 1.55. The van der Waals surface area contributed by atoms with Crippen LogP contribution in [0, 0.1) is 5.41 Å². The molecule has 1 amide bonds. The van der Waals surface area contributed by atoms with Crippen LogP contribution in [0.15, 0.2) is 46.4 Å². The lowest BCUT2D eigenvalue weighted by molar-refractivity contribution is -0.121. The van der Waals surface area contributed by atoms with E-state index in [1.807, 2.05) is 29.6 Å². The summed E-state index contributed by atoms with van der Waals surface area (Å²) < 4.78 is 10.8. The highest BCUT2D eigenvalue weighted by Crippen LogP contribution is 2.35. The van der Waals surface area contributed by atoms with Gasteiger partial charge in [-0.2, -0.15) is 0 Å². The Morgan fingerprint density at radius 2 is 2.12 bits per heavy atom. The average Bonchev–Trinajstić information content (AvgIpc) is 3.21. The molecule has 0 saturated carbocycles. The number of hydrogen-bond donors (Lipinski definition) is 1. The third-order valence-electron chi connectivity index (χ3n) is 4.21. The Kier molecular flexibility index (Phi) is 4.86. The molecule has 0 fully saturated rings. The van der Waals surface area contributed by atoms with Crippen LogP contribution in [0.4, 0.5) is 0 Å². The van der Waals surface area contributed by atoms with Gasteiger partial charge in [-0.25, -0.2) is 0 Å². The van der Waals surface area contributed by atoms with E-state index in [4.69, 9.17) is 9.15 Å². The van der Waals surface area contributed by atoms with Gasteiger partial charge in [0.1, 0.15) is 11.3 Å². The Labute approximate surface area is 151 Å². The monoisotopic (exact) mass is 357 g/mol. The van der Waals surface area contributed by atoms with Crippen molar-refractivity contribution in [3.05, 3.63) is 52.4 Å². The fraction of sp³-hybridized carbons (Fsp3) is 0.350. The first-order valence-corrected chi connectivity index (χ1v) is 9.13. The third kappa shape index (κ3) is 3.87. The quantitative estimate of drug-likeness (QED) is 0.703. The summed E-state index contributed by atoms with van der Waals surface area (Å²) in [6.07, 6.45) is 1.94. The largest absolute Gasteiger partial charge is 0.497 e. The summed E-state index contributed by atoms with van der Waals surface area (Å²) in [6.45, 7) is 6.41. The van der Waals surface area contributed by atoms with Crippen LogP contribution in [0.25, 0.3) is 11.0 Å². The number of hydrogen-bond acceptors (Lipinski definition) is 4. The van der Waals surface area contributed by atoms with E-state index in [-0.39, 0.29) is 23.8 Å². The van der Waals surface area contributed by atoms with E-state index in [1.165, 1.54) is 4.88 Å². The van der Waals surface area contributed by atoms with Crippen LogP contribution >= 0.6 is 11.3 Å². The second kappa shape index (κ2) is 6.92. The van der Waals surface area contributed by atoms with E-state index in [2.05, 4.69) is 32.2 Å². The Hall–Kier alpha value is -2.27. The molecule has 1 aromatic carbocycles. The topological polar surface area (TPSA) is 51.5 Å². The van der Waals surface area contributed by atoms with Gasteiger partial charge in [-0.15, -0.1) is 11.3 Å². The molecule has 1 unspecified atom stereocenters. The molecule has 0 aliphatic heterocycles. The van der Waals surface area contributed by atoms with Crippen molar-refractivity contribution < 1.29 is 13.9 Å². The Bertz CT molecular complexity index is 859. The molecule has 0 saturated heterocycles. The highest BCUT2D eigenvalue weighted by atomic mass is 32.1. The van der Waals surface area contributed by atoms with Gasteiger partial charge >= 0.3 is 0 Å². The summed E-state index contributed by atoms with van der Waals surface area (Å²) in [6, 6.07) is 9.71. The SMILES string of the molecule is COc1ccc2c(CC(=O)NC(c3cccs3)C(C)(C)C)coc2c1. The number of carbonyl (C=O) groups excluding carboxylic acids is 1. The number of thiophene rings is 1. The lowest BCUT2D eigenvalue weighted by atomic mass is 9.85. The molecule has 1 N–H and O–H groups in total. The van der Waals surface area contributed by atoms with Gasteiger partial charge in [-0.05, 0) is 29.0 Å². The normalized spacial score (nSPS) is 13.0. The van der Waals surface area contributed by atoms with Crippen molar-refractivity contribution in [2.75, 3.05) is 7.11 Å². The molecule has 3 rings (SSSR count). The van der Waals surface area contributed by atoms with Crippen LogP contribution < -0.4 is 10.1 Å². The molecule has 25 heavy (non-hydrogen) atoms. The van der Waals surface area contributed by atoms with Crippen molar-refractivity contribution in [3.8, 4) is 5.75 Å². The minimum Gasteiger partial charge on any atom is -0.497 e. The van der Waals surface area contributed by atoms with Gasteiger partial charge in [0.05, 0.1) is 25.8 Å². The number of fused-ring (bicyclic) bond motifs is 1. The zero-order chi connectivity index (χ0) is 18.0. The first kappa shape index (κ1) is 17.5. The summed E-state index contributed by atoms with van der Waals surface area (Å²) >= 11 is 1.67. The molecule has 2 aromatic heterocycles. The molecule has 1 atom stereocenters. The highest BCUT2D eigenvalue weighted by Gasteiger charge is 2.28. The Balaban J connectivity index is 1.78. The van der Waals surface area contributed by atoms with Crippen LogP contribution in [0.2, 0.25) is 0 Å². The zero-order valence-corrected chi connectivity index (χ0v) is 15.8. The molecule has 3 aromatic rings. The van der Waals surface area contributed by atoms with Crippen LogP contribution in [-0.2, 0) is 11.2 Å². The molecule has 0 aliphatic rings. The molecular weight excluding hydrogens is 334 g/mol. The molecule has 0 radical (unpaired) electrons. The third-order valence-corrected chi connectivity index (χ3v) is 5.15. The lowest BCUT2D eigenvalue weighted by Crippen LogP contribution is -2.36. The number of nitrogens with one attached hydrogen (secondary N) is 1. The number of amides is 1. The Morgan fingerprint density at radius 3 is 2.76 bits per heavy atom. The minimum absolute atomic E-state index is 0.00755. The predicted molar refractivity (Wildman–Crippen MR) is 101 cm³/mol. The van der Waals surface area contributed by atoms with Gasteiger partial charge in [0.2, 0.25) is 5.91 Å². The highest BCUT2D eigenvalue weighted by molar-refractivity contribution is 7.10. The van der Waals surface area contributed by atoms with Crippen LogP contribution in [-0.4, -0.2) is 13.0 Å². The maximum absolute atomic E-state index is 12.7. The van der Waals surface area contributed by atoms with Gasteiger partial charge in [-0.3, -0.25) is 4.79 Å². The molecular formula is C20H23NO3S. The standard InChI is InChI=1S/C20H23NO3S/c1-20(2,3)19(17-6-5-9-25-17)21-18(22)10-13-12-24-16-11-14(23-4)7-8-15(13)16/h5-9,11-12,19H,10H2,1-4H3,(H,21,22). The Morgan fingerprint density at radius 1 is 1.32 bits per heavy atom. The van der Waals surface area contributed by atoms with E-state index in [1.54, 1.807) is 24.7 Å². The van der Waals surface area contributed by atoms with E-state index in [0.717, 1.165) is 22.3 Å². The van der Waals surface area contributed by atoms with E-state index in [0.29, 0.717) is 0 Å². The van der Waals surface area contributed by atoms with Gasteiger partial charge in [-0.1, -0.05) is 26.8 Å². The molecule has 5 heteroatoms. The number of methoxy groups -OCH3 is 1. The van der Waals surface area contributed by atoms with E-state index < -0.39 is 0 Å². The number of benzene rings is 1. The first-order chi connectivity index (χ1) is 11.9. The second-order valence-electron chi connectivity index (χ2n) is 7.18. The minimum atomic E-state index is -0.0632. The van der Waals surface area contributed by atoms with Crippen molar-refractivity contribution >= 4 is 28.2 Å². The van der Waals surface area contributed by atoms with Crippen molar-refractivity contribution in [2.45, 2.75) is 33.2 Å². The van der Waals surface area contributed by atoms with Gasteiger partial charge < -0.3 is 14.5 Å². The van der Waals surface area contributed by atoms with Crippen molar-refractivity contribution in [3.63, 3.8) is 0 Å². The molecule has 4 nitrogen and oxygen atoms in total. The smallest absolute Gasteiger partial charge is 0.225 e. The summed E-state index contributed by atoms with van der Waals surface area (Å²) in [7, 11) is 1.62.